The minimum absolute atomic E-state index is 0.174. The first-order valence-electron chi connectivity index (χ1n) is 6.81. The summed E-state index contributed by atoms with van der Waals surface area (Å²) in [6, 6.07) is 0. The van der Waals surface area contributed by atoms with Crippen LogP contribution in [0, 0.1) is 11.8 Å². The third-order valence-corrected chi connectivity index (χ3v) is 3.62. The van der Waals surface area contributed by atoms with Gasteiger partial charge in [0.05, 0.1) is 0 Å². The van der Waals surface area contributed by atoms with Crippen LogP contribution in [0.5, 0.6) is 0 Å². The van der Waals surface area contributed by atoms with E-state index in [1.54, 1.807) is 0 Å². The van der Waals surface area contributed by atoms with Crippen molar-refractivity contribution in [2.45, 2.75) is 26.2 Å². The highest BCUT2D eigenvalue weighted by atomic mass is 15.4. The maximum atomic E-state index is 5.71. The summed E-state index contributed by atoms with van der Waals surface area (Å²) in [5, 5.41) is 7.23. The molecule has 1 aliphatic carbocycles. The lowest BCUT2D eigenvalue weighted by molar-refractivity contribution is 0.535. The fraction of sp³-hybridized carbons (Fsp3) is 0.583. The van der Waals surface area contributed by atoms with Crippen molar-refractivity contribution in [3.05, 3.63) is 12.7 Å². The molecule has 2 heterocycles. The second-order valence-corrected chi connectivity index (χ2v) is 5.32. The van der Waals surface area contributed by atoms with Gasteiger partial charge in [0.15, 0.2) is 0 Å². The molecule has 8 nitrogen and oxygen atoms in total. The zero-order valence-electron chi connectivity index (χ0n) is 11.4. The first-order valence-corrected chi connectivity index (χ1v) is 6.81. The Labute approximate surface area is 116 Å². The van der Waals surface area contributed by atoms with Crippen LogP contribution in [0.1, 0.15) is 26.2 Å². The largest absolute Gasteiger partial charge is 0.368 e. The van der Waals surface area contributed by atoms with Gasteiger partial charge in [-0.05, 0) is 24.7 Å². The summed E-state index contributed by atoms with van der Waals surface area (Å²) in [5.74, 6) is 2.53. The summed E-state index contributed by atoms with van der Waals surface area (Å²) in [5.41, 5.74) is 5.71. The van der Waals surface area contributed by atoms with E-state index in [4.69, 9.17) is 5.73 Å². The average molecular weight is 274 g/mol. The molecule has 2 unspecified atom stereocenters. The molecule has 0 saturated heterocycles. The lowest BCUT2D eigenvalue weighted by Gasteiger charge is -2.11. The number of nitrogens with zero attached hydrogens (tertiary/aromatic N) is 6. The molecule has 3 rings (SSSR count). The van der Waals surface area contributed by atoms with E-state index < -0.39 is 0 Å². The van der Waals surface area contributed by atoms with Crippen molar-refractivity contribution in [3.63, 3.8) is 0 Å². The number of anilines is 2. The van der Waals surface area contributed by atoms with Gasteiger partial charge in [0.1, 0.15) is 12.7 Å². The van der Waals surface area contributed by atoms with Crippen molar-refractivity contribution >= 4 is 11.9 Å². The molecule has 2 aromatic heterocycles. The van der Waals surface area contributed by atoms with Gasteiger partial charge in [0, 0.05) is 6.54 Å². The second kappa shape index (κ2) is 5.40. The zero-order valence-corrected chi connectivity index (χ0v) is 11.4. The van der Waals surface area contributed by atoms with Gasteiger partial charge in [0.2, 0.25) is 11.9 Å². The third-order valence-electron chi connectivity index (χ3n) is 3.62. The molecule has 1 fully saturated rings. The van der Waals surface area contributed by atoms with Crippen molar-refractivity contribution in [3.8, 4) is 5.95 Å². The van der Waals surface area contributed by atoms with Crippen molar-refractivity contribution in [1.29, 1.82) is 0 Å². The molecule has 3 N–H and O–H groups in total. The van der Waals surface area contributed by atoms with Crippen molar-refractivity contribution in [2.24, 2.45) is 11.8 Å². The maximum absolute atomic E-state index is 5.71. The van der Waals surface area contributed by atoms with E-state index in [0.29, 0.717) is 17.8 Å². The molecule has 0 radical (unpaired) electrons. The Morgan fingerprint density at radius 1 is 1.35 bits per heavy atom. The highest BCUT2D eigenvalue weighted by Gasteiger charge is 2.21. The summed E-state index contributed by atoms with van der Waals surface area (Å²) in [7, 11) is 0. The van der Waals surface area contributed by atoms with Gasteiger partial charge in [-0.25, -0.2) is 4.98 Å². The van der Waals surface area contributed by atoms with E-state index in [1.807, 2.05) is 0 Å². The van der Waals surface area contributed by atoms with Gasteiger partial charge >= 0.3 is 0 Å². The molecule has 8 heteroatoms. The zero-order chi connectivity index (χ0) is 13.9. The number of nitrogens with two attached hydrogens (primary N) is 1. The minimum Gasteiger partial charge on any atom is -0.368 e. The Hall–Kier alpha value is -2.25. The number of nitrogens with one attached hydrogen (secondary N) is 1. The molecular weight excluding hydrogens is 256 g/mol. The molecule has 1 saturated carbocycles. The summed E-state index contributed by atoms with van der Waals surface area (Å²) in [6.07, 6.45) is 6.76. The normalized spacial score (nSPS) is 22.1. The lowest BCUT2D eigenvalue weighted by Crippen LogP contribution is -2.16. The van der Waals surface area contributed by atoms with Gasteiger partial charge < -0.3 is 11.1 Å². The van der Waals surface area contributed by atoms with Crippen molar-refractivity contribution in [1.82, 2.24) is 29.7 Å². The fourth-order valence-corrected chi connectivity index (χ4v) is 2.62. The monoisotopic (exact) mass is 274 g/mol. The molecule has 0 spiro atoms. The van der Waals surface area contributed by atoms with Crippen LogP contribution >= 0.6 is 0 Å². The predicted molar refractivity (Wildman–Crippen MR) is 74.2 cm³/mol. The lowest BCUT2D eigenvalue weighted by atomic mass is 10.1. The Kier molecular flexibility index (Phi) is 3.44. The number of rotatable bonds is 4. The van der Waals surface area contributed by atoms with Crippen molar-refractivity contribution in [2.75, 3.05) is 17.6 Å². The topological polar surface area (TPSA) is 107 Å². The standard InChI is InChI=1S/C12H18N8/c1-8-2-3-9(4-8)5-15-11-17-10(13)18-12(19-11)20-7-14-6-16-20/h6-9H,2-5H2,1H3,(H3,13,15,17,18,19). The van der Waals surface area contributed by atoms with Crippen molar-refractivity contribution < 1.29 is 0 Å². The molecule has 0 amide bonds. The molecule has 106 valence electrons. The molecule has 1 aliphatic rings. The number of hydrogen-bond donors (Lipinski definition) is 2. The quantitative estimate of drug-likeness (QED) is 0.852. The van der Waals surface area contributed by atoms with Crippen LogP contribution in [0.3, 0.4) is 0 Å². The predicted octanol–water partition coefficient (Wildman–Crippen LogP) is 0.883. The third kappa shape index (κ3) is 2.84. The summed E-state index contributed by atoms with van der Waals surface area (Å²) in [6.45, 7) is 3.16. The SMILES string of the molecule is CC1CCC(CNc2nc(N)nc(-n3cncn3)n2)C1. The summed E-state index contributed by atoms with van der Waals surface area (Å²) < 4.78 is 1.46. The molecule has 0 bridgehead atoms. The molecule has 0 aliphatic heterocycles. The number of aromatic nitrogens is 6. The minimum atomic E-state index is 0.174. The Morgan fingerprint density at radius 3 is 2.95 bits per heavy atom. The Morgan fingerprint density at radius 2 is 2.25 bits per heavy atom. The van der Waals surface area contributed by atoms with E-state index in [2.05, 4.69) is 37.3 Å². The summed E-state index contributed by atoms with van der Waals surface area (Å²) in [4.78, 5) is 16.3. The van der Waals surface area contributed by atoms with E-state index in [9.17, 15) is 0 Å². The van der Waals surface area contributed by atoms with Crippen LogP contribution in [0.2, 0.25) is 0 Å². The van der Waals surface area contributed by atoms with E-state index >= 15 is 0 Å². The van der Waals surface area contributed by atoms with Crippen LogP contribution in [-0.2, 0) is 0 Å². The fourth-order valence-electron chi connectivity index (χ4n) is 2.62. The van der Waals surface area contributed by atoms with Gasteiger partial charge in [-0.15, -0.1) is 0 Å². The van der Waals surface area contributed by atoms with Gasteiger partial charge in [-0.1, -0.05) is 13.3 Å². The second-order valence-electron chi connectivity index (χ2n) is 5.32. The first-order chi connectivity index (χ1) is 9.70. The Bertz CT molecular complexity index is 567. The summed E-state index contributed by atoms with van der Waals surface area (Å²) >= 11 is 0. The van der Waals surface area contributed by atoms with Crippen LogP contribution in [0.25, 0.3) is 5.95 Å². The van der Waals surface area contributed by atoms with Crippen LogP contribution in [-0.4, -0.2) is 36.3 Å². The van der Waals surface area contributed by atoms with E-state index in [1.165, 1.54) is 36.6 Å². The maximum Gasteiger partial charge on any atom is 0.258 e. The first kappa shape index (κ1) is 12.8. The number of hydrogen-bond acceptors (Lipinski definition) is 7. The molecular formula is C12H18N8. The highest BCUT2D eigenvalue weighted by Crippen LogP contribution is 2.30. The highest BCUT2D eigenvalue weighted by molar-refractivity contribution is 5.34. The molecule has 2 aromatic rings. The molecule has 0 aromatic carbocycles. The molecule has 2 atom stereocenters. The number of nitrogen functional groups attached to an aromatic ring is 1. The van der Waals surface area contributed by atoms with Gasteiger partial charge in [-0.3, -0.25) is 0 Å². The van der Waals surface area contributed by atoms with Gasteiger partial charge in [-0.2, -0.15) is 24.7 Å². The van der Waals surface area contributed by atoms with E-state index in [0.717, 1.165) is 12.5 Å². The van der Waals surface area contributed by atoms with Crippen LogP contribution in [0.4, 0.5) is 11.9 Å². The van der Waals surface area contributed by atoms with Crippen LogP contribution in [0.15, 0.2) is 12.7 Å². The molecule has 20 heavy (non-hydrogen) atoms. The average Bonchev–Trinajstić information content (AvgIpc) is 3.07. The Balaban J connectivity index is 1.70. The van der Waals surface area contributed by atoms with Gasteiger partial charge in [0.25, 0.3) is 5.95 Å². The van der Waals surface area contributed by atoms with E-state index in [-0.39, 0.29) is 5.95 Å². The smallest absolute Gasteiger partial charge is 0.258 e. The van der Waals surface area contributed by atoms with Crippen LogP contribution < -0.4 is 11.1 Å².